The maximum absolute atomic E-state index is 10.5. The first-order valence-electron chi connectivity index (χ1n) is 10.5. The van der Waals surface area contributed by atoms with Gasteiger partial charge in [0.2, 0.25) is 0 Å². The number of phenolic OH excluding ortho intramolecular Hbond substituents is 1. The van der Waals surface area contributed by atoms with Gasteiger partial charge in [0.25, 0.3) is 0 Å². The molecule has 0 radical (unpaired) electrons. The first-order valence-corrected chi connectivity index (χ1v) is 10.5. The fraction of sp³-hybridized carbons (Fsp3) is 0.500. The van der Waals surface area contributed by atoms with Gasteiger partial charge in [-0.1, -0.05) is 12.6 Å². The number of rotatable bonds is 6. The molecule has 2 aromatic rings. The Kier molecular flexibility index (Phi) is 6.09. The van der Waals surface area contributed by atoms with Crippen molar-refractivity contribution in [2.24, 2.45) is 0 Å². The van der Waals surface area contributed by atoms with Crippen LogP contribution < -0.4 is 10.2 Å². The third kappa shape index (κ3) is 4.93. The molecule has 162 valence electrons. The van der Waals surface area contributed by atoms with E-state index in [0.29, 0.717) is 29.7 Å². The molecule has 0 saturated carbocycles. The van der Waals surface area contributed by atoms with Gasteiger partial charge in [0.1, 0.15) is 11.5 Å². The second-order valence-corrected chi connectivity index (χ2v) is 9.43. The Morgan fingerprint density at radius 2 is 1.83 bits per heavy atom. The largest absolute Gasteiger partial charge is 0.507 e. The fourth-order valence-corrected chi connectivity index (χ4v) is 4.57. The maximum atomic E-state index is 10.5. The molecule has 0 bridgehead atoms. The minimum atomic E-state index is 0.0626. The van der Waals surface area contributed by atoms with Crippen LogP contribution in [0.5, 0.6) is 5.75 Å². The number of hydrogen-bond acceptors (Lipinski definition) is 6. The van der Waals surface area contributed by atoms with E-state index in [1.54, 1.807) is 6.07 Å². The lowest BCUT2D eigenvalue weighted by molar-refractivity contribution is 0.160. The van der Waals surface area contributed by atoms with Crippen LogP contribution in [0, 0.1) is 0 Å². The highest BCUT2D eigenvalue weighted by atomic mass is 16.5. The van der Waals surface area contributed by atoms with Crippen LogP contribution in [0.4, 0.5) is 5.82 Å². The minimum Gasteiger partial charge on any atom is -0.507 e. The second-order valence-electron chi connectivity index (χ2n) is 9.43. The van der Waals surface area contributed by atoms with E-state index < -0.39 is 0 Å². The Labute approximate surface area is 180 Å². The minimum absolute atomic E-state index is 0.0626. The molecule has 1 aliphatic heterocycles. The Morgan fingerprint density at radius 3 is 2.37 bits per heavy atom. The summed E-state index contributed by atoms with van der Waals surface area (Å²) in [5.74, 6) is 1.50. The molecule has 6 nitrogen and oxygen atoms in total. The van der Waals surface area contributed by atoms with Gasteiger partial charge >= 0.3 is 0 Å². The number of phenols is 1. The van der Waals surface area contributed by atoms with Gasteiger partial charge in [-0.05, 0) is 71.7 Å². The number of hydrogen-bond donors (Lipinski definition) is 2. The van der Waals surface area contributed by atoms with E-state index in [9.17, 15) is 5.11 Å². The predicted molar refractivity (Wildman–Crippen MR) is 123 cm³/mol. The summed E-state index contributed by atoms with van der Waals surface area (Å²) < 4.78 is 5.41. The maximum Gasteiger partial charge on any atom is 0.151 e. The van der Waals surface area contributed by atoms with Gasteiger partial charge < -0.3 is 20.1 Å². The van der Waals surface area contributed by atoms with Crippen molar-refractivity contribution < 1.29 is 9.84 Å². The molecule has 0 aliphatic carbocycles. The highest BCUT2D eigenvalue weighted by Crippen LogP contribution is 2.34. The third-order valence-corrected chi connectivity index (χ3v) is 5.64. The molecule has 0 amide bonds. The number of aromatic nitrogens is 2. The highest BCUT2D eigenvalue weighted by Gasteiger charge is 2.39. The smallest absolute Gasteiger partial charge is 0.151 e. The quantitative estimate of drug-likeness (QED) is 0.678. The van der Waals surface area contributed by atoms with Crippen LogP contribution >= 0.6 is 0 Å². The molecule has 0 atom stereocenters. The molecule has 1 fully saturated rings. The number of nitrogens with one attached hydrogen (secondary N) is 1. The Hall–Kier alpha value is -2.60. The fourth-order valence-electron chi connectivity index (χ4n) is 4.57. The summed E-state index contributed by atoms with van der Waals surface area (Å²) in [6.07, 6.45) is 2.06. The molecule has 1 aromatic heterocycles. The molecular formula is C24H34N4O2. The van der Waals surface area contributed by atoms with Crippen molar-refractivity contribution >= 4 is 11.6 Å². The summed E-state index contributed by atoms with van der Waals surface area (Å²) >= 11 is 0. The SMILES string of the molecule is C=C(OCC)c1ccc(-c2ccc(N(C)C3CC(C)(C)NC(C)(C)C3)nn2)c(O)c1. The molecule has 1 aliphatic rings. The van der Waals surface area contributed by atoms with Gasteiger partial charge in [-0.3, -0.25) is 0 Å². The van der Waals surface area contributed by atoms with E-state index in [4.69, 9.17) is 4.74 Å². The summed E-state index contributed by atoms with van der Waals surface area (Å²) in [6, 6.07) is 9.58. The number of benzene rings is 1. The highest BCUT2D eigenvalue weighted by molar-refractivity contribution is 5.71. The van der Waals surface area contributed by atoms with E-state index in [-0.39, 0.29) is 16.8 Å². The van der Waals surface area contributed by atoms with E-state index in [2.05, 4.69) is 61.7 Å². The number of aromatic hydroxyl groups is 1. The van der Waals surface area contributed by atoms with Crippen LogP contribution in [0.25, 0.3) is 17.0 Å². The zero-order chi connectivity index (χ0) is 22.1. The molecule has 0 spiro atoms. The molecule has 2 N–H and O–H groups in total. The van der Waals surface area contributed by atoms with Crippen molar-refractivity contribution in [2.75, 3.05) is 18.6 Å². The zero-order valence-corrected chi connectivity index (χ0v) is 19.0. The molecule has 1 aromatic carbocycles. The predicted octanol–water partition coefficient (Wildman–Crippen LogP) is 4.60. The summed E-state index contributed by atoms with van der Waals surface area (Å²) in [5.41, 5.74) is 2.14. The van der Waals surface area contributed by atoms with Crippen molar-refractivity contribution in [3.63, 3.8) is 0 Å². The van der Waals surface area contributed by atoms with Crippen LogP contribution in [0.3, 0.4) is 0 Å². The Bertz CT molecular complexity index is 890. The number of nitrogens with zero attached hydrogens (tertiary/aromatic N) is 3. The third-order valence-electron chi connectivity index (χ3n) is 5.64. The van der Waals surface area contributed by atoms with Crippen LogP contribution in [0.2, 0.25) is 0 Å². The first kappa shape index (κ1) is 22.1. The molecule has 2 heterocycles. The number of piperidine rings is 1. The van der Waals surface area contributed by atoms with Crippen LogP contribution in [-0.4, -0.2) is 46.1 Å². The van der Waals surface area contributed by atoms with Crippen molar-refractivity contribution in [3.05, 3.63) is 42.5 Å². The van der Waals surface area contributed by atoms with Gasteiger partial charge in [0, 0.05) is 35.3 Å². The number of anilines is 1. The lowest BCUT2D eigenvalue weighted by Gasteiger charge is -2.49. The topological polar surface area (TPSA) is 70.5 Å². The summed E-state index contributed by atoms with van der Waals surface area (Å²) in [6.45, 7) is 15.3. The lowest BCUT2D eigenvalue weighted by Crippen LogP contribution is -2.62. The van der Waals surface area contributed by atoms with Crippen LogP contribution in [-0.2, 0) is 4.74 Å². The Morgan fingerprint density at radius 1 is 1.17 bits per heavy atom. The molecule has 6 heteroatoms. The van der Waals surface area contributed by atoms with Crippen LogP contribution in [0.1, 0.15) is 53.0 Å². The van der Waals surface area contributed by atoms with Crippen molar-refractivity contribution in [3.8, 4) is 17.0 Å². The van der Waals surface area contributed by atoms with Crippen molar-refractivity contribution in [1.82, 2.24) is 15.5 Å². The summed E-state index contributed by atoms with van der Waals surface area (Å²) in [7, 11) is 2.08. The normalized spacial score (nSPS) is 18.1. The molecule has 1 saturated heterocycles. The van der Waals surface area contributed by atoms with Gasteiger partial charge in [0.05, 0.1) is 12.3 Å². The van der Waals surface area contributed by atoms with E-state index in [0.717, 1.165) is 24.2 Å². The van der Waals surface area contributed by atoms with Crippen molar-refractivity contribution in [2.45, 2.75) is 64.6 Å². The average molecular weight is 411 g/mol. The Balaban J connectivity index is 1.79. The summed E-state index contributed by atoms with van der Waals surface area (Å²) in [5, 5.41) is 23.0. The van der Waals surface area contributed by atoms with Gasteiger partial charge in [-0.15, -0.1) is 10.2 Å². The lowest BCUT2D eigenvalue weighted by atomic mass is 9.79. The van der Waals surface area contributed by atoms with E-state index in [1.165, 1.54) is 0 Å². The monoisotopic (exact) mass is 410 g/mol. The first-order chi connectivity index (χ1) is 14.0. The molecule has 30 heavy (non-hydrogen) atoms. The molecule has 0 unspecified atom stereocenters. The van der Waals surface area contributed by atoms with Crippen LogP contribution in [0.15, 0.2) is 36.9 Å². The van der Waals surface area contributed by atoms with Crippen molar-refractivity contribution in [1.29, 1.82) is 0 Å². The molecule has 3 rings (SSSR count). The summed E-state index contributed by atoms with van der Waals surface area (Å²) in [4.78, 5) is 2.22. The number of ether oxygens (including phenoxy) is 1. The standard InChI is InChI=1S/C24H34N4O2/c1-8-30-16(2)17-9-10-19(21(29)13-17)20-11-12-22(26-25-20)28(7)18-14-23(3,4)27-24(5,6)15-18/h9-13,18,27,29H,2,8,14-15H2,1,3-7H3. The molecular weight excluding hydrogens is 376 g/mol. The van der Waals surface area contributed by atoms with Gasteiger partial charge in [-0.2, -0.15) is 0 Å². The second kappa shape index (κ2) is 8.26. The zero-order valence-electron chi connectivity index (χ0n) is 19.0. The van der Waals surface area contributed by atoms with E-state index in [1.807, 2.05) is 31.2 Å². The average Bonchev–Trinajstić information content (AvgIpc) is 2.65. The van der Waals surface area contributed by atoms with Gasteiger partial charge in [0.15, 0.2) is 5.82 Å². The van der Waals surface area contributed by atoms with Gasteiger partial charge in [-0.25, -0.2) is 0 Å². The van der Waals surface area contributed by atoms with E-state index >= 15 is 0 Å².